The molecule has 2 fully saturated rings. The molecule has 2 aliphatic heterocycles. The zero-order valence-electron chi connectivity index (χ0n) is 13.7. The van der Waals surface area contributed by atoms with Crippen LogP contribution in [0.2, 0.25) is 0 Å². The van der Waals surface area contributed by atoms with Crippen LogP contribution in [0.3, 0.4) is 0 Å². The topological polar surface area (TPSA) is 30.5 Å². The van der Waals surface area contributed by atoms with Crippen molar-refractivity contribution in [1.29, 1.82) is 0 Å². The number of nitrogens with one attached hydrogen (secondary N) is 2. The second-order valence-electron chi connectivity index (χ2n) is 4.89. The van der Waals surface area contributed by atoms with Gasteiger partial charge in [-0.15, -0.1) is 0 Å². The van der Waals surface area contributed by atoms with Crippen LogP contribution in [-0.2, 0) is 0 Å². The van der Waals surface area contributed by atoms with Crippen LogP contribution in [0.15, 0.2) is 0 Å². The minimum Gasteiger partial charge on any atom is -0.314 e. The van der Waals surface area contributed by atoms with Crippen molar-refractivity contribution in [2.24, 2.45) is 0 Å². The van der Waals surface area contributed by atoms with Gasteiger partial charge in [-0.2, -0.15) is 0 Å². The molecule has 2 saturated heterocycles. The van der Waals surface area contributed by atoms with Crippen molar-refractivity contribution in [3.8, 4) is 0 Å². The Hall–Kier alpha value is -0.160. The lowest BCUT2D eigenvalue weighted by molar-refractivity contribution is 0.177. The van der Waals surface area contributed by atoms with E-state index < -0.39 is 0 Å². The highest BCUT2D eigenvalue weighted by Crippen LogP contribution is 1.96. The van der Waals surface area contributed by atoms with Gasteiger partial charge >= 0.3 is 0 Å². The molecular weight excluding hydrogens is 236 g/mol. The van der Waals surface area contributed by atoms with E-state index in [2.05, 4.69) is 34.3 Å². The van der Waals surface area contributed by atoms with Crippen LogP contribution in [0.4, 0.5) is 0 Å². The van der Waals surface area contributed by atoms with Crippen LogP contribution < -0.4 is 10.6 Å². The summed E-state index contributed by atoms with van der Waals surface area (Å²) in [6.07, 6.45) is 1.25. The summed E-state index contributed by atoms with van der Waals surface area (Å²) in [7, 11) is 0. The van der Waals surface area contributed by atoms with E-state index >= 15 is 0 Å². The van der Waals surface area contributed by atoms with E-state index in [4.69, 9.17) is 0 Å². The Labute approximate surface area is 120 Å². The Bertz CT molecular complexity index is 146. The van der Waals surface area contributed by atoms with Gasteiger partial charge in [0.1, 0.15) is 0 Å². The molecule has 2 N–H and O–H groups in total. The van der Waals surface area contributed by atoms with Crippen LogP contribution in [0.25, 0.3) is 0 Å². The summed E-state index contributed by atoms with van der Waals surface area (Å²) < 4.78 is 0. The zero-order chi connectivity index (χ0) is 14.3. The number of piperazine rings is 2. The monoisotopic (exact) mass is 272 g/mol. The van der Waals surface area contributed by atoms with E-state index in [0.717, 1.165) is 0 Å². The van der Waals surface area contributed by atoms with Crippen LogP contribution in [0, 0.1) is 0 Å². The molecule has 0 aromatic carbocycles. The van der Waals surface area contributed by atoms with Gasteiger partial charge in [0.15, 0.2) is 0 Å². The van der Waals surface area contributed by atoms with Crippen molar-refractivity contribution in [3.63, 3.8) is 0 Å². The molecule has 2 heterocycles. The fourth-order valence-electron chi connectivity index (χ4n) is 2.15. The Kier molecular flexibility index (Phi) is 14.1. The standard InChI is InChI=1S/C10H22N4.C3H8.C2H6/c1-5-13(6-2-11-1)9-10-14-7-3-12-4-8-14;1-3-2;1-2/h11-12H,1-10H2;3H2,1-2H3;1-2H3. The van der Waals surface area contributed by atoms with Crippen molar-refractivity contribution in [1.82, 2.24) is 20.4 Å². The van der Waals surface area contributed by atoms with Gasteiger partial charge in [0.05, 0.1) is 0 Å². The number of nitrogens with zero attached hydrogens (tertiary/aromatic N) is 2. The summed E-state index contributed by atoms with van der Waals surface area (Å²) in [5.41, 5.74) is 0. The van der Waals surface area contributed by atoms with Gasteiger partial charge in [-0.25, -0.2) is 0 Å². The largest absolute Gasteiger partial charge is 0.314 e. The van der Waals surface area contributed by atoms with Crippen LogP contribution >= 0.6 is 0 Å². The number of hydrogen-bond donors (Lipinski definition) is 2. The molecule has 0 spiro atoms. The van der Waals surface area contributed by atoms with Crippen molar-refractivity contribution in [2.75, 3.05) is 65.4 Å². The molecule has 0 unspecified atom stereocenters. The molecule has 0 atom stereocenters. The van der Waals surface area contributed by atoms with Crippen molar-refractivity contribution in [3.05, 3.63) is 0 Å². The van der Waals surface area contributed by atoms with Crippen LogP contribution in [0.5, 0.6) is 0 Å². The van der Waals surface area contributed by atoms with Gasteiger partial charge < -0.3 is 10.6 Å². The Balaban J connectivity index is 0.000000573. The fraction of sp³-hybridized carbons (Fsp3) is 1.00. The highest BCUT2D eigenvalue weighted by atomic mass is 15.2. The predicted molar refractivity (Wildman–Crippen MR) is 85.9 cm³/mol. The molecular formula is C15H36N4. The minimum absolute atomic E-state index is 1.17. The number of hydrogen-bond acceptors (Lipinski definition) is 4. The van der Waals surface area contributed by atoms with Crippen molar-refractivity contribution < 1.29 is 0 Å². The Morgan fingerprint density at radius 3 is 1.21 bits per heavy atom. The first-order valence-corrected chi connectivity index (χ1v) is 8.23. The van der Waals surface area contributed by atoms with Crippen LogP contribution in [0.1, 0.15) is 34.1 Å². The summed E-state index contributed by atoms with van der Waals surface area (Å²) in [5, 5.41) is 6.77. The summed E-state index contributed by atoms with van der Waals surface area (Å²) in [4.78, 5) is 5.14. The van der Waals surface area contributed by atoms with Gasteiger partial charge in [-0.1, -0.05) is 34.1 Å². The second-order valence-corrected chi connectivity index (χ2v) is 4.89. The highest BCUT2D eigenvalue weighted by molar-refractivity contribution is 4.72. The maximum Gasteiger partial charge on any atom is 0.0110 e. The molecule has 4 nitrogen and oxygen atoms in total. The molecule has 4 heteroatoms. The summed E-state index contributed by atoms with van der Waals surface area (Å²) in [6.45, 7) is 20.3. The van der Waals surface area contributed by atoms with Crippen LogP contribution in [-0.4, -0.2) is 75.2 Å². The first-order valence-electron chi connectivity index (χ1n) is 8.23. The Morgan fingerprint density at radius 1 is 0.684 bits per heavy atom. The molecule has 116 valence electrons. The quantitative estimate of drug-likeness (QED) is 0.809. The van der Waals surface area contributed by atoms with E-state index in [-0.39, 0.29) is 0 Å². The molecule has 0 amide bonds. The van der Waals surface area contributed by atoms with E-state index in [1.165, 1.54) is 71.9 Å². The summed E-state index contributed by atoms with van der Waals surface area (Å²) in [5.74, 6) is 0. The maximum absolute atomic E-state index is 3.39. The van der Waals surface area contributed by atoms with E-state index in [1.54, 1.807) is 0 Å². The van der Waals surface area contributed by atoms with Gasteiger partial charge in [-0.3, -0.25) is 9.80 Å². The molecule has 0 aromatic rings. The summed E-state index contributed by atoms with van der Waals surface area (Å²) >= 11 is 0. The van der Waals surface area contributed by atoms with E-state index in [1.807, 2.05) is 13.8 Å². The predicted octanol–water partition coefficient (Wildman–Crippen LogP) is 1.24. The van der Waals surface area contributed by atoms with Gasteiger partial charge in [0.25, 0.3) is 0 Å². The smallest absolute Gasteiger partial charge is 0.0110 e. The molecule has 0 bridgehead atoms. The first kappa shape index (κ1) is 18.8. The molecule has 0 saturated carbocycles. The minimum atomic E-state index is 1.17. The lowest BCUT2D eigenvalue weighted by atomic mass is 10.3. The lowest BCUT2D eigenvalue weighted by Gasteiger charge is -2.32. The molecule has 19 heavy (non-hydrogen) atoms. The molecule has 0 radical (unpaired) electrons. The highest BCUT2D eigenvalue weighted by Gasteiger charge is 2.13. The third-order valence-electron chi connectivity index (χ3n) is 3.15. The third-order valence-corrected chi connectivity index (χ3v) is 3.15. The van der Waals surface area contributed by atoms with E-state index in [0.29, 0.717) is 0 Å². The van der Waals surface area contributed by atoms with Gasteiger partial charge in [0, 0.05) is 65.4 Å². The first-order chi connectivity index (χ1) is 9.36. The Morgan fingerprint density at radius 2 is 0.947 bits per heavy atom. The zero-order valence-corrected chi connectivity index (χ0v) is 13.7. The SMILES string of the molecule is C1CN(CCN2CCNCC2)CCN1.CC.CCC. The van der Waals surface area contributed by atoms with Gasteiger partial charge in [0.2, 0.25) is 0 Å². The van der Waals surface area contributed by atoms with E-state index in [9.17, 15) is 0 Å². The normalized spacial score (nSPS) is 20.8. The average Bonchev–Trinajstić information content (AvgIpc) is 2.50. The maximum atomic E-state index is 3.39. The average molecular weight is 272 g/mol. The summed E-state index contributed by atoms with van der Waals surface area (Å²) in [6, 6.07) is 0. The fourth-order valence-corrected chi connectivity index (χ4v) is 2.15. The van der Waals surface area contributed by atoms with Crippen molar-refractivity contribution >= 4 is 0 Å². The molecule has 0 aromatic heterocycles. The number of rotatable bonds is 3. The molecule has 2 aliphatic rings. The third kappa shape index (κ3) is 10.3. The molecule has 2 rings (SSSR count). The van der Waals surface area contributed by atoms with Crippen molar-refractivity contribution in [2.45, 2.75) is 34.1 Å². The molecule has 0 aliphatic carbocycles. The second kappa shape index (κ2) is 14.3. The lowest BCUT2D eigenvalue weighted by Crippen LogP contribution is -2.49. The van der Waals surface area contributed by atoms with Gasteiger partial charge in [-0.05, 0) is 0 Å².